The molecule has 0 radical (unpaired) electrons. The molecule has 0 aliphatic heterocycles. The fourth-order valence-corrected chi connectivity index (χ4v) is 1.37. The third-order valence-electron chi connectivity index (χ3n) is 2.06. The van der Waals surface area contributed by atoms with Crippen molar-refractivity contribution in [3.63, 3.8) is 0 Å². The maximum Gasteiger partial charge on any atom is 0.337 e. The lowest BCUT2D eigenvalue weighted by Crippen LogP contribution is -2.37. The first-order chi connectivity index (χ1) is 7.63. The van der Waals surface area contributed by atoms with Crippen molar-refractivity contribution < 1.29 is 9.21 Å². The third-order valence-corrected chi connectivity index (χ3v) is 2.06. The first-order valence-electron chi connectivity index (χ1n) is 4.79. The lowest BCUT2D eigenvalue weighted by Gasteiger charge is -1.99. The van der Waals surface area contributed by atoms with E-state index in [-0.39, 0.29) is 5.91 Å². The number of carbonyl (C=O) groups excluding carboxylic acids is 1. The van der Waals surface area contributed by atoms with Crippen LogP contribution in [0, 0.1) is 0 Å². The van der Waals surface area contributed by atoms with Crippen molar-refractivity contribution in [1.82, 2.24) is 5.32 Å². The number of carbonyl (C=O) groups is 1. The number of hydrogen-bond acceptors (Lipinski definition) is 3. The molecule has 0 saturated heterocycles. The van der Waals surface area contributed by atoms with E-state index < -0.39 is 5.63 Å². The molecule has 0 unspecified atom stereocenters. The Morgan fingerprint density at radius 1 is 1.56 bits per heavy atom. The molecule has 1 N–H and O–H groups in total. The van der Waals surface area contributed by atoms with Gasteiger partial charge >= 0.3 is 5.63 Å². The first-order valence-corrected chi connectivity index (χ1v) is 4.79. The van der Waals surface area contributed by atoms with E-state index in [1.54, 1.807) is 19.1 Å². The molecule has 0 fully saturated rings. The molecule has 1 amide bonds. The normalized spacial score (nSPS) is 12.6. The molecule has 0 aromatic carbocycles. The van der Waals surface area contributed by atoms with E-state index in [4.69, 9.17) is 4.42 Å². The number of allylic oxidation sites excluding steroid dienone is 1. The molecule has 1 aromatic heterocycles. The summed E-state index contributed by atoms with van der Waals surface area (Å²) in [5.41, 5.74) is 0.0789. The van der Waals surface area contributed by atoms with Crippen LogP contribution in [0.5, 0.6) is 0 Å². The van der Waals surface area contributed by atoms with Crippen LogP contribution in [0.2, 0.25) is 0 Å². The Labute approximate surface area is 92.6 Å². The topological polar surface area (TPSA) is 59.3 Å². The number of hydrogen-bond donors (Lipinski definition) is 1. The van der Waals surface area contributed by atoms with Crippen molar-refractivity contribution in [3.05, 3.63) is 45.3 Å². The maximum absolute atomic E-state index is 11.6. The Morgan fingerprint density at radius 2 is 2.25 bits per heavy atom. The highest BCUT2D eigenvalue weighted by atomic mass is 16.4. The van der Waals surface area contributed by atoms with E-state index in [0.717, 1.165) is 0 Å². The predicted molar refractivity (Wildman–Crippen MR) is 62.4 cm³/mol. The van der Waals surface area contributed by atoms with Crippen LogP contribution in [-0.4, -0.2) is 13.0 Å². The van der Waals surface area contributed by atoms with Crippen molar-refractivity contribution in [3.8, 4) is 0 Å². The van der Waals surface area contributed by atoms with Crippen molar-refractivity contribution in [2.24, 2.45) is 0 Å². The average Bonchev–Trinajstić information content (AvgIpc) is 2.27. The summed E-state index contributed by atoms with van der Waals surface area (Å²) in [7, 11) is 1.51. The highest BCUT2D eigenvalue weighted by Gasteiger charge is 2.08. The molecule has 0 aliphatic carbocycles. The van der Waals surface area contributed by atoms with Crippen LogP contribution >= 0.6 is 0 Å². The van der Waals surface area contributed by atoms with Gasteiger partial charge in [-0.1, -0.05) is 18.7 Å². The van der Waals surface area contributed by atoms with E-state index in [0.29, 0.717) is 16.2 Å². The summed E-state index contributed by atoms with van der Waals surface area (Å²) >= 11 is 0. The molecular weight excluding hydrogens is 206 g/mol. The van der Waals surface area contributed by atoms with Gasteiger partial charge in [-0.25, -0.2) is 4.79 Å². The fourth-order valence-electron chi connectivity index (χ4n) is 1.37. The van der Waals surface area contributed by atoms with Crippen molar-refractivity contribution in [1.29, 1.82) is 0 Å². The molecule has 1 heterocycles. The molecule has 16 heavy (non-hydrogen) atoms. The molecule has 1 rings (SSSR count). The fraction of sp³-hybridized carbons (Fsp3) is 0.167. The van der Waals surface area contributed by atoms with Crippen molar-refractivity contribution in [2.45, 2.75) is 6.92 Å². The highest BCUT2D eigenvalue weighted by Crippen LogP contribution is 1.84. The summed E-state index contributed by atoms with van der Waals surface area (Å²) in [6.07, 6.45) is 4.75. The zero-order valence-corrected chi connectivity index (χ0v) is 9.24. The molecule has 84 valence electrons. The molecule has 1 aromatic rings. The highest BCUT2D eigenvalue weighted by molar-refractivity contribution is 5.94. The zero-order valence-electron chi connectivity index (χ0n) is 9.24. The maximum atomic E-state index is 11.6. The van der Waals surface area contributed by atoms with E-state index in [2.05, 4.69) is 11.9 Å². The minimum absolute atomic E-state index is 0.300. The molecule has 0 spiro atoms. The van der Waals surface area contributed by atoms with Crippen LogP contribution in [-0.2, 0) is 0 Å². The van der Waals surface area contributed by atoms with Crippen LogP contribution in [0.3, 0.4) is 0 Å². The van der Waals surface area contributed by atoms with Gasteiger partial charge in [0.2, 0.25) is 0 Å². The summed E-state index contributed by atoms with van der Waals surface area (Å²) in [5, 5.41) is 3.06. The quantitative estimate of drug-likeness (QED) is 0.747. The summed E-state index contributed by atoms with van der Waals surface area (Å²) in [6.45, 7) is 5.29. The number of rotatable bonds is 2. The van der Waals surface area contributed by atoms with Gasteiger partial charge in [-0.2, -0.15) is 0 Å². The number of amides is 1. The molecule has 4 nitrogen and oxygen atoms in total. The smallest absolute Gasteiger partial charge is 0.337 e. The van der Waals surface area contributed by atoms with Crippen LogP contribution < -0.4 is 21.6 Å². The third kappa shape index (κ3) is 2.28. The molecular formula is C12H13NO3. The van der Waals surface area contributed by atoms with Gasteiger partial charge in [-0.15, -0.1) is 0 Å². The van der Waals surface area contributed by atoms with Gasteiger partial charge < -0.3 is 9.73 Å². The van der Waals surface area contributed by atoms with Gasteiger partial charge in [0.05, 0.1) is 5.56 Å². The second-order valence-corrected chi connectivity index (χ2v) is 3.03. The van der Waals surface area contributed by atoms with Gasteiger partial charge in [0, 0.05) is 18.3 Å². The summed E-state index contributed by atoms with van der Waals surface area (Å²) < 4.78 is 4.98. The Balaban J connectivity index is 3.77. The van der Waals surface area contributed by atoms with E-state index in [1.165, 1.54) is 19.2 Å². The van der Waals surface area contributed by atoms with Crippen molar-refractivity contribution >= 4 is 18.1 Å². The Bertz CT molecular complexity index is 581. The van der Waals surface area contributed by atoms with E-state index in [1.807, 2.05) is 0 Å². The van der Waals surface area contributed by atoms with Crippen LogP contribution in [0.4, 0.5) is 0 Å². The molecule has 4 heteroatoms. The molecule has 0 saturated carbocycles. The van der Waals surface area contributed by atoms with Gasteiger partial charge in [-0.05, 0) is 13.0 Å². The van der Waals surface area contributed by atoms with E-state index >= 15 is 0 Å². The minimum Gasteiger partial charge on any atom is -0.423 e. The SMILES string of the molecule is C=C/C=c1/oc(=O)cc(C(=O)NC)/c1=C/C. The lowest BCUT2D eigenvalue weighted by atomic mass is 10.2. The standard InChI is InChI=1S/C12H13NO3/c1-4-6-10-8(5-2)9(12(15)13-3)7-11(14)16-10/h4-7H,1H2,2-3H3,(H,13,15)/b8-5-,10-6+. The second kappa shape index (κ2) is 5.11. The van der Waals surface area contributed by atoms with Crippen LogP contribution in [0.25, 0.3) is 12.2 Å². The Hall–Kier alpha value is -2.10. The Morgan fingerprint density at radius 3 is 2.75 bits per heavy atom. The van der Waals surface area contributed by atoms with E-state index in [9.17, 15) is 9.59 Å². The van der Waals surface area contributed by atoms with Crippen LogP contribution in [0.15, 0.2) is 27.9 Å². The molecule has 0 bridgehead atoms. The monoisotopic (exact) mass is 219 g/mol. The van der Waals surface area contributed by atoms with Gasteiger partial charge in [0.25, 0.3) is 5.91 Å². The molecule has 0 atom stereocenters. The van der Waals surface area contributed by atoms with Gasteiger partial charge in [-0.3, -0.25) is 4.79 Å². The van der Waals surface area contributed by atoms with Gasteiger partial charge in [0.1, 0.15) is 5.42 Å². The summed E-state index contributed by atoms with van der Waals surface area (Å²) in [6, 6.07) is 1.18. The second-order valence-electron chi connectivity index (χ2n) is 3.03. The largest absolute Gasteiger partial charge is 0.423 e. The summed E-state index contributed by atoms with van der Waals surface area (Å²) in [4.78, 5) is 22.8. The first kappa shape index (κ1) is 12.0. The van der Waals surface area contributed by atoms with Crippen molar-refractivity contribution in [2.75, 3.05) is 7.05 Å². The predicted octanol–water partition coefficient (Wildman–Crippen LogP) is -0.234. The summed E-state index contributed by atoms with van der Waals surface area (Å²) in [5.74, 6) is -0.320. The van der Waals surface area contributed by atoms with Gasteiger partial charge in [0.15, 0.2) is 0 Å². The molecule has 0 aliphatic rings. The number of nitrogens with one attached hydrogen (secondary N) is 1. The average molecular weight is 219 g/mol. The lowest BCUT2D eigenvalue weighted by molar-refractivity contribution is 0.0960. The minimum atomic E-state index is -0.558. The zero-order chi connectivity index (χ0) is 12.1. The van der Waals surface area contributed by atoms with Crippen LogP contribution in [0.1, 0.15) is 17.3 Å². The Kier molecular flexibility index (Phi) is 3.83.